The number of aromatic nitrogens is 1. The molecule has 2 nitrogen and oxygen atoms in total. The monoisotopic (exact) mass is 220 g/mol. The third-order valence-electron chi connectivity index (χ3n) is 2.69. The van der Waals surface area contributed by atoms with E-state index in [1.807, 2.05) is 0 Å². The van der Waals surface area contributed by atoms with Gasteiger partial charge in [-0.25, -0.2) is 4.98 Å². The normalized spacial score (nSPS) is 16.4. The molecule has 1 saturated heterocycles. The molecule has 0 saturated carbocycles. The minimum absolute atomic E-state index is 0.912. The number of nitrogens with zero attached hydrogens (tertiary/aromatic N) is 2. The number of anilines is 1. The van der Waals surface area contributed by atoms with E-state index in [-0.39, 0.29) is 0 Å². The molecule has 0 bridgehead atoms. The number of thiazole rings is 1. The van der Waals surface area contributed by atoms with Gasteiger partial charge in [-0.1, -0.05) is 19.2 Å². The van der Waals surface area contributed by atoms with Gasteiger partial charge in [-0.2, -0.15) is 0 Å². The molecule has 1 aromatic heterocycles. The van der Waals surface area contributed by atoms with Gasteiger partial charge in [-0.3, -0.25) is 0 Å². The lowest BCUT2D eigenvalue weighted by Gasteiger charge is -2.25. The van der Waals surface area contributed by atoms with Crippen LogP contribution in [-0.2, 0) is 0 Å². The molecule has 0 spiro atoms. The molecule has 1 aliphatic heterocycles. The van der Waals surface area contributed by atoms with Crippen LogP contribution >= 0.6 is 11.3 Å². The van der Waals surface area contributed by atoms with Crippen LogP contribution in [0, 0.1) is 0 Å². The fraction of sp³-hybridized carbons (Fsp3) is 0.417. The van der Waals surface area contributed by atoms with Gasteiger partial charge in [0.1, 0.15) is 0 Å². The molecule has 1 fully saturated rings. The fourth-order valence-electron chi connectivity index (χ4n) is 1.75. The molecule has 0 aliphatic carbocycles. The van der Waals surface area contributed by atoms with Gasteiger partial charge in [0.15, 0.2) is 5.13 Å². The Hall–Kier alpha value is -1.09. The van der Waals surface area contributed by atoms with Crippen LogP contribution in [0.4, 0.5) is 5.13 Å². The van der Waals surface area contributed by atoms with E-state index in [9.17, 15) is 0 Å². The Labute approximate surface area is 95.0 Å². The highest BCUT2D eigenvalue weighted by molar-refractivity contribution is 7.13. The fourth-order valence-corrected chi connectivity index (χ4v) is 2.65. The maximum absolute atomic E-state index is 4.58. The summed E-state index contributed by atoms with van der Waals surface area (Å²) < 4.78 is 0. The van der Waals surface area contributed by atoms with E-state index in [2.05, 4.69) is 28.4 Å². The first kappa shape index (κ1) is 10.4. The third-order valence-corrected chi connectivity index (χ3v) is 3.60. The van der Waals surface area contributed by atoms with Crippen LogP contribution in [-0.4, -0.2) is 18.1 Å². The van der Waals surface area contributed by atoms with Crippen molar-refractivity contribution < 1.29 is 0 Å². The molecule has 1 aliphatic rings. The summed E-state index contributed by atoms with van der Waals surface area (Å²) in [4.78, 5) is 6.95. The second-order valence-corrected chi connectivity index (χ2v) is 4.63. The number of hydrogen-bond donors (Lipinski definition) is 0. The standard InChI is InChI=1S/C12H16N2S/c1-3-10(2)11-9-15-12(13-11)14-7-5-4-6-8-14/h3,9H,1-2,4-8H2. The van der Waals surface area contributed by atoms with E-state index in [1.165, 1.54) is 19.3 Å². The van der Waals surface area contributed by atoms with Gasteiger partial charge in [0.2, 0.25) is 0 Å². The zero-order valence-electron chi connectivity index (χ0n) is 8.91. The highest BCUT2D eigenvalue weighted by Crippen LogP contribution is 2.26. The third kappa shape index (κ3) is 2.29. The van der Waals surface area contributed by atoms with E-state index >= 15 is 0 Å². The lowest BCUT2D eigenvalue weighted by molar-refractivity contribution is 0.577. The van der Waals surface area contributed by atoms with Crippen molar-refractivity contribution in [1.29, 1.82) is 0 Å². The summed E-state index contributed by atoms with van der Waals surface area (Å²) in [5.41, 5.74) is 1.88. The van der Waals surface area contributed by atoms with Gasteiger partial charge < -0.3 is 4.90 Å². The van der Waals surface area contributed by atoms with Crippen molar-refractivity contribution in [2.75, 3.05) is 18.0 Å². The molecule has 0 unspecified atom stereocenters. The molecule has 3 heteroatoms. The van der Waals surface area contributed by atoms with Crippen LogP contribution in [0.5, 0.6) is 0 Å². The summed E-state index contributed by atoms with van der Waals surface area (Å²) >= 11 is 1.71. The maximum Gasteiger partial charge on any atom is 0.185 e. The Morgan fingerprint density at radius 2 is 2.13 bits per heavy atom. The number of piperidine rings is 1. The van der Waals surface area contributed by atoms with E-state index in [0.717, 1.165) is 29.5 Å². The van der Waals surface area contributed by atoms with Crippen LogP contribution in [0.3, 0.4) is 0 Å². The number of rotatable bonds is 3. The first-order valence-corrected chi connectivity index (χ1v) is 6.21. The van der Waals surface area contributed by atoms with Crippen molar-refractivity contribution in [1.82, 2.24) is 4.98 Å². The summed E-state index contributed by atoms with van der Waals surface area (Å²) in [6.45, 7) is 9.91. The number of allylic oxidation sites excluding steroid dienone is 2. The van der Waals surface area contributed by atoms with E-state index in [0.29, 0.717) is 0 Å². The van der Waals surface area contributed by atoms with Crippen LogP contribution < -0.4 is 4.90 Å². The van der Waals surface area contributed by atoms with E-state index in [4.69, 9.17) is 0 Å². The second kappa shape index (κ2) is 4.62. The topological polar surface area (TPSA) is 16.1 Å². The minimum atomic E-state index is 0.912. The highest BCUT2D eigenvalue weighted by atomic mass is 32.1. The van der Waals surface area contributed by atoms with Crippen LogP contribution in [0.2, 0.25) is 0 Å². The van der Waals surface area contributed by atoms with Gasteiger partial charge in [0.25, 0.3) is 0 Å². The van der Waals surface area contributed by atoms with E-state index in [1.54, 1.807) is 17.4 Å². The van der Waals surface area contributed by atoms with Gasteiger partial charge in [-0.05, 0) is 24.8 Å². The molecule has 1 aromatic rings. The Balaban J connectivity index is 2.11. The predicted molar refractivity (Wildman–Crippen MR) is 67.4 cm³/mol. The largest absolute Gasteiger partial charge is 0.348 e. The first-order valence-electron chi connectivity index (χ1n) is 5.33. The average Bonchev–Trinajstić information content (AvgIpc) is 2.78. The predicted octanol–water partition coefficient (Wildman–Crippen LogP) is 3.33. The molecule has 0 amide bonds. The zero-order valence-corrected chi connectivity index (χ0v) is 9.72. The Morgan fingerprint density at radius 1 is 1.40 bits per heavy atom. The molecular weight excluding hydrogens is 204 g/mol. The molecule has 2 rings (SSSR count). The lowest BCUT2D eigenvalue weighted by atomic mass is 10.1. The van der Waals surface area contributed by atoms with Crippen molar-refractivity contribution in [3.8, 4) is 0 Å². The Bertz CT molecular complexity index is 361. The van der Waals surface area contributed by atoms with Crippen molar-refractivity contribution in [2.24, 2.45) is 0 Å². The molecule has 0 radical (unpaired) electrons. The highest BCUT2D eigenvalue weighted by Gasteiger charge is 2.14. The minimum Gasteiger partial charge on any atom is -0.348 e. The molecule has 80 valence electrons. The lowest BCUT2D eigenvalue weighted by Crippen LogP contribution is -2.29. The van der Waals surface area contributed by atoms with Gasteiger partial charge >= 0.3 is 0 Å². The van der Waals surface area contributed by atoms with Crippen molar-refractivity contribution >= 4 is 22.0 Å². The summed E-state index contributed by atoms with van der Waals surface area (Å²) in [5, 5.41) is 3.20. The number of hydrogen-bond acceptors (Lipinski definition) is 3. The summed E-state index contributed by atoms with van der Waals surface area (Å²) in [7, 11) is 0. The van der Waals surface area contributed by atoms with Crippen molar-refractivity contribution in [2.45, 2.75) is 19.3 Å². The van der Waals surface area contributed by atoms with E-state index < -0.39 is 0 Å². The average molecular weight is 220 g/mol. The quantitative estimate of drug-likeness (QED) is 0.726. The summed E-state index contributed by atoms with van der Waals surface area (Å²) in [5.74, 6) is 0. The molecule has 0 atom stereocenters. The smallest absolute Gasteiger partial charge is 0.185 e. The summed E-state index contributed by atoms with van der Waals surface area (Å²) in [6.07, 6.45) is 5.69. The van der Waals surface area contributed by atoms with Gasteiger partial charge in [0.05, 0.1) is 5.69 Å². The second-order valence-electron chi connectivity index (χ2n) is 3.79. The molecule has 2 heterocycles. The summed E-state index contributed by atoms with van der Waals surface area (Å²) in [6, 6.07) is 0. The molecule has 0 N–H and O–H groups in total. The van der Waals surface area contributed by atoms with Crippen molar-refractivity contribution in [3.63, 3.8) is 0 Å². The van der Waals surface area contributed by atoms with Gasteiger partial charge in [0, 0.05) is 18.5 Å². The molecular formula is C12H16N2S. The Kier molecular flexibility index (Phi) is 3.21. The van der Waals surface area contributed by atoms with Crippen LogP contribution in [0.1, 0.15) is 25.0 Å². The van der Waals surface area contributed by atoms with Crippen molar-refractivity contribution in [3.05, 3.63) is 30.3 Å². The first-order chi connectivity index (χ1) is 7.31. The van der Waals surface area contributed by atoms with Gasteiger partial charge in [-0.15, -0.1) is 11.3 Å². The molecule has 0 aromatic carbocycles. The van der Waals surface area contributed by atoms with Crippen LogP contribution in [0.15, 0.2) is 24.6 Å². The SMILES string of the molecule is C=CC(=C)c1csc(N2CCCCC2)n1. The molecule has 15 heavy (non-hydrogen) atoms. The Morgan fingerprint density at radius 3 is 2.80 bits per heavy atom. The van der Waals surface area contributed by atoms with Crippen LogP contribution in [0.25, 0.3) is 5.57 Å². The maximum atomic E-state index is 4.58. The zero-order chi connectivity index (χ0) is 10.7.